The molecule has 0 amide bonds. The molecule has 22 aromatic rings. The van der Waals surface area contributed by atoms with E-state index in [9.17, 15) is 0 Å². The highest BCUT2D eigenvalue weighted by atomic mass is 16.3. The average Bonchev–Trinajstić information content (AvgIpc) is 1.58. The van der Waals surface area contributed by atoms with E-state index >= 15 is 0 Å². The Morgan fingerprint density at radius 3 is 0.717 bits per heavy atom. The SMILES string of the molecule is C.C.C.C.Cc1ccc2c(oc3ccccc32)c1-c1c[n+](-c2c(C(C)C)cccc2C(C)C)c(-c2ccccc2)n1C.Cc1ccc2c(oc3ccccc32)c1-c1c[n+](-c2c(C(C)C)cccc2C(C)C)c(C)n1C.Cc1cccc(C)c1-[n+]1cc(-c2c(C)ccc3c2oc2ccccc23)n(C)c1-c1ccccc1.Cc1cccc(C)c1-[n+]1cc(-c2c(C)ccc3c2oc2ccccc23)n(C)c1C. The van der Waals surface area contributed by atoms with Gasteiger partial charge in [0, 0.05) is 79.2 Å². The first-order valence-corrected chi connectivity index (χ1v) is 47.2. The van der Waals surface area contributed by atoms with Gasteiger partial charge in [-0.3, -0.25) is 0 Å². The van der Waals surface area contributed by atoms with E-state index in [1.54, 1.807) is 0 Å². The Balaban J connectivity index is 0.000000139. The second kappa shape index (κ2) is 39.4. The van der Waals surface area contributed by atoms with Gasteiger partial charge in [0.2, 0.25) is 0 Å². The number of nitrogens with zero attached hydrogens (tertiary/aromatic N) is 8. The predicted molar refractivity (Wildman–Crippen MR) is 580 cm³/mol. The summed E-state index contributed by atoms with van der Waals surface area (Å²) in [4.78, 5) is 0. The Morgan fingerprint density at radius 1 is 0.210 bits per heavy atom. The van der Waals surface area contributed by atoms with Gasteiger partial charge in [0.05, 0.1) is 61.6 Å². The fourth-order valence-electron chi connectivity index (χ4n) is 20.7. The summed E-state index contributed by atoms with van der Waals surface area (Å²) in [6.07, 6.45) is 9.15. The predicted octanol–water partition coefficient (Wildman–Crippen LogP) is 32.9. The zero-order valence-electron chi connectivity index (χ0n) is 81.4. The van der Waals surface area contributed by atoms with Crippen molar-refractivity contribution in [2.45, 2.75) is 178 Å². The fraction of sp³-hybridized carbons (Fsp3) is 0.238. The molecule has 22 rings (SSSR count). The summed E-state index contributed by atoms with van der Waals surface area (Å²) in [6.45, 7) is 40.0. The molecule has 0 saturated carbocycles. The Hall–Kier alpha value is -14.9. The van der Waals surface area contributed by atoms with Crippen LogP contribution in [-0.4, -0.2) is 18.3 Å². The zero-order valence-corrected chi connectivity index (χ0v) is 81.4. The highest BCUT2D eigenvalue weighted by molar-refractivity contribution is 6.13. The van der Waals surface area contributed by atoms with E-state index in [0.717, 1.165) is 117 Å². The normalized spacial score (nSPS) is 11.4. The van der Waals surface area contributed by atoms with E-state index in [-0.39, 0.29) is 29.7 Å². The number of furan rings is 4. The second-order valence-electron chi connectivity index (χ2n) is 37.8. The van der Waals surface area contributed by atoms with Crippen molar-refractivity contribution in [3.8, 4) is 90.6 Å². The highest BCUT2D eigenvalue weighted by Gasteiger charge is 2.36. The van der Waals surface area contributed by atoms with E-state index in [0.29, 0.717) is 23.7 Å². The maximum absolute atomic E-state index is 6.54. The van der Waals surface area contributed by atoms with Crippen molar-refractivity contribution >= 4 is 87.8 Å². The van der Waals surface area contributed by atoms with Crippen LogP contribution >= 0.6 is 0 Å². The van der Waals surface area contributed by atoms with Crippen molar-refractivity contribution in [3.05, 3.63) is 382 Å². The molecule has 0 spiro atoms. The standard InChI is InChI=1S/C35H35N2O.C31H27N2O.C30H33N2O.C26H25N2O.4CH4/c1-22(2)26-16-12-17-27(23(3)4)33(26)37-21-30(36(6)35(37)25-13-8-7-9-14-25)32-24(5)19-20-29-28-15-10-11-18-31(28)38-34(29)32;1-20-17-18-25-24-15-8-9-16-27(24)34-30(25)28(20)26-19-33(29-21(2)11-10-12-22(29)3)31(32(26)4)23-13-6-5-7-14-23;1-18(2)22-12-10-13-23(19(3)4)29(22)32-17-26(31(7)21(32)6)28-20(5)15-16-25-24-11-8-9-14-27(24)33-30(25)28;1-16-13-14-21-20-11-6-7-12-23(20)29-26(21)24(16)22-15-28(19(4)27(22)5)25-17(2)9-8-10-18(25)3;;;;/h7-23H,1-6H3;5-19H,1-4H3;8-19H,1-7H3;6-15H,1-5H3;4*1H4/q4*+1;;;;. The van der Waals surface area contributed by atoms with Crippen molar-refractivity contribution in [1.29, 1.82) is 0 Å². The fourth-order valence-corrected chi connectivity index (χ4v) is 20.7. The van der Waals surface area contributed by atoms with Gasteiger partial charge in [0.25, 0.3) is 23.3 Å². The lowest BCUT2D eigenvalue weighted by atomic mass is 9.92. The number of fused-ring (bicyclic) bond motifs is 12. The monoisotopic (exact) mass is 1830 g/mol. The second-order valence-corrected chi connectivity index (χ2v) is 37.8. The first-order valence-electron chi connectivity index (χ1n) is 47.2. The third kappa shape index (κ3) is 16.9. The van der Waals surface area contributed by atoms with Gasteiger partial charge >= 0.3 is 0 Å². The van der Waals surface area contributed by atoms with Crippen LogP contribution in [0.4, 0.5) is 0 Å². The third-order valence-electron chi connectivity index (χ3n) is 27.8. The van der Waals surface area contributed by atoms with Crippen molar-refractivity contribution in [2.24, 2.45) is 28.2 Å². The minimum Gasteiger partial charge on any atom is -0.455 e. The number of hydrogen-bond acceptors (Lipinski definition) is 4. The van der Waals surface area contributed by atoms with Crippen LogP contribution in [0.15, 0.2) is 322 Å². The zero-order chi connectivity index (χ0) is 93.7. The number of aromatic nitrogens is 8. The number of para-hydroxylation sites is 8. The third-order valence-corrected chi connectivity index (χ3v) is 27.8. The first kappa shape index (κ1) is 97.7. The molecule has 0 bridgehead atoms. The van der Waals surface area contributed by atoms with Crippen molar-refractivity contribution in [1.82, 2.24) is 18.3 Å². The number of aryl methyl sites for hydroxylation is 8. The topological polar surface area (TPSA) is 87.8 Å². The van der Waals surface area contributed by atoms with Crippen LogP contribution in [0.1, 0.15) is 187 Å². The summed E-state index contributed by atoms with van der Waals surface area (Å²) in [5.41, 5.74) is 39.5. The average molecular weight is 1830 g/mol. The molecular formula is C126H136N8O4+4. The minimum absolute atomic E-state index is 0. The summed E-state index contributed by atoms with van der Waals surface area (Å²) < 4.78 is 44.5. The quantitative estimate of drug-likeness (QED) is 0.102. The molecule has 0 N–H and O–H groups in total. The number of rotatable bonds is 14. The van der Waals surface area contributed by atoms with Crippen LogP contribution in [0.25, 0.3) is 178 Å². The summed E-state index contributed by atoms with van der Waals surface area (Å²) in [6, 6.07) is 98.6. The number of benzene rings is 14. The molecule has 0 aliphatic carbocycles. The molecule has 12 heteroatoms. The Labute approximate surface area is 815 Å². The largest absolute Gasteiger partial charge is 0.455 e. The number of hydrogen-bond donors (Lipinski definition) is 0. The van der Waals surface area contributed by atoms with Gasteiger partial charge < -0.3 is 17.7 Å². The lowest BCUT2D eigenvalue weighted by molar-refractivity contribution is -0.603. The van der Waals surface area contributed by atoms with Crippen LogP contribution in [0.3, 0.4) is 0 Å². The van der Waals surface area contributed by atoms with Gasteiger partial charge in [-0.25, -0.2) is 18.3 Å². The minimum atomic E-state index is 0. The maximum Gasteiger partial charge on any atom is 0.294 e. The highest BCUT2D eigenvalue weighted by Crippen LogP contribution is 2.46. The molecule has 8 heterocycles. The van der Waals surface area contributed by atoms with E-state index in [1.165, 1.54) is 140 Å². The molecule has 700 valence electrons. The van der Waals surface area contributed by atoms with Crippen molar-refractivity contribution in [2.75, 3.05) is 0 Å². The maximum atomic E-state index is 6.54. The smallest absolute Gasteiger partial charge is 0.294 e. The molecule has 0 unspecified atom stereocenters. The lowest BCUT2D eigenvalue weighted by Gasteiger charge is -2.17. The van der Waals surface area contributed by atoms with E-state index < -0.39 is 0 Å². The van der Waals surface area contributed by atoms with Gasteiger partial charge in [-0.05, 0) is 172 Å². The molecular weight excluding hydrogens is 1690 g/mol. The molecule has 8 aromatic heterocycles. The first-order chi connectivity index (χ1) is 64.7. The van der Waals surface area contributed by atoms with Crippen LogP contribution < -0.4 is 18.3 Å². The summed E-state index contributed by atoms with van der Waals surface area (Å²) in [5.74, 6) is 6.35. The van der Waals surface area contributed by atoms with Crippen molar-refractivity contribution < 1.29 is 35.9 Å². The van der Waals surface area contributed by atoms with E-state index in [1.807, 2.05) is 36.4 Å². The van der Waals surface area contributed by atoms with Gasteiger partial charge in [-0.1, -0.05) is 316 Å². The Kier molecular flexibility index (Phi) is 27.9. The summed E-state index contributed by atoms with van der Waals surface area (Å²) in [7, 11) is 8.63. The molecule has 0 atom stereocenters. The molecule has 0 aliphatic heterocycles. The molecule has 0 aliphatic rings. The number of imidazole rings is 4. The molecule has 138 heavy (non-hydrogen) atoms. The molecule has 14 aromatic carbocycles. The molecule has 12 nitrogen and oxygen atoms in total. The van der Waals surface area contributed by atoms with Crippen LogP contribution in [0.2, 0.25) is 0 Å². The van der Waals surface area contributed by atoms with Crippen LogP contribution in [0, 0.1) is 69.2 Å². The van der Waals surface area contributed by atoms with Gasteiger partial charge in [0.1, 0.15) is 92.2 Å². The van der Waals surface area contributed by atoms with Crippen LogP contribution in [-0.2, 0) is 28.2 Å². The lowest BCUT2D eigenvalue weighted by Crippen LogP contribution is -2.35. The van der Waals surface area contributed by atoms with Crippen molar-refractivity contribution in [3.63, 3.8) is 0 Å². The summed E-state index contributed by atoms with van der Waals surface area (Å²) in [5, 5.41) is 9.27. The molecule has 0 saturated heterocycles. The molecule has 0 radical (unpaired) electrons. The van der Waals surface area contributed by atoms with Gasteiger partial charge in [0.15, 0.2) is 22.8 Å². The van der Waals surface area contributed by atoms with Crippen LogP contribution in [0.5, 0.6) is 0 Å². The van der Waals surface area contributed by atoms with Gasteiger partial charge in [-0.2, -0.15) is 18.3 Å². The Morgan fingerprint density at radius 2 is 0.435 bits per heavy atom. The summed E-state index contributed by atoms with van der Waals surface area (Å²) >= 11 is 0. The Bertz CT molecular complexity index is 8210. The van der Waals surface area contributed by atoms with E-state index in [2.05, 4.69) is 457 Å². The van der Waals surface area contributed by atoms with E-state index in [4.69, 9.17) is 17.7 Å². The molecule has 0 fully saturated rings. The van der Waals surface area contributed by atoms with Gasteiger partial charge in [-0.15, -0.1) is 0 Å².